The SMILES string of the molecule is O=C(Nc1nonc1C(=O)N1CCC(O)(C(=O)O)CC1)OCC1c2ccccc2-c2ccccc21. The molecule has 2 aliphatic rings. The molecule has 1 saturated heterocycles. The van der Waals surface area contributed by atoms with Crippen molar-refractivity contribution in [3.05, 3.63) is 65.4 Å². The lowest BCUT2D eigenvalue weighted by Crippen LogP contribution is -2.51. The van der Waals surface area contributed by atoms with E-state index in [1.807, 2.05) is 48.5 Å². The van der Waals surface area contributed by atoms with E-state index in [0.29, 0.717) is 0 Å². The fourth-order valence-electron chi connectivity index (χ4n) is 4.59. The maximum absolute atomic E-state index is 12.8. The third-order valence-electron chi connectivity index (χ3n) is 6.53. The zero-order valence-corrected chi connectivity index (χ0v) is 18.5. The third kappa shape index (κ3) is 4.10. The summed E-state index contributed by atoms with van der Waals surface area (Å²) >= 11 is 0. The van der Waals surface area contributed by atoms with Crippen LogP contribution in [0.25, 0.3) is 11.1 Å². The highest BCUT2D eigenvalue weighted by molar-refractivity contribution is 5.99. The molecule has 5 rings (SSSR count). The maximum atomic E-state index is 12.8. The van der Waals surface area contributed by atoms with E-state index in [1.165, 1.54) is 4.90 Å². The van der Waals surface area contributed by atoms with Crippen molar-refractivity contribution in [3.63, 3.8) is 0 Å². The van der Waals surface area contributed by atoms with Crippen molar-refractivity contribution < 1.29 is 34.0 Å². The molecular weight excluding hydrogens is 456 g/mol. The average molecular weight is 478 g/mol. The van der Waals surface area contributed by atoms with Gasteiger partial charge in [-0.25, -0.2) is 14.2 Å². The minimum atomic E-state index is -1.87. The molecule has 11 nitrogen and oxygen atoms in total. The summed E-state index contributed by atoms with van der Waals surface area (Å²) in [6.07, 6.45) is -1.08. The van der Waals surface area contributed by atoms with Gasteiger partial charge in [0.1, 0.15) is 6.61 Å². The number of nitrogens with zero attached hydrogens (tertiary/aromatic N) is 3. The van der Waals surface area contributed by atoms with Crippen LogP contribution < -0.4 is 5.32 Å². The standard InChI is InChI=1S/C24H22N4O7/c29-21(28-11-9-24(33,10-12-28)22(30)31)19-20(27-35-26-19)25-23(32)34-13-18-16-7-3-1-5-14(16)15-6-2-4-8-17(15)18/h1-8,18,33H,9-13H2,(H,30,31)(H,25,27,32). The Kier molecular flexibility index (Phi) is 5.69. The van der Waals surface area contributed by atoms with E-state index in [4.69, 9.17) is 9.84 Å². The minimum Gasteiger partial charge on any atom is -0.479 e. The zero-order valence-electron chi connectivity index (χ0n) is 18.5. The van der Waals surface area contributed by atoms with Crippen molar-refractivity contribution in [3.8, 4) is 11.1 Å². The molecule has 11 heteroatoms. The molecular formula is C24H22N4O7. The first-order valence-corrected chi connectivity index (χ1v) is 11.1. The van der Waals surface area contributed by atoms with E-state index >= 15 is 0 Å². The molecule has 0 bridgehead atoms. The Morgan fingerprint density at radius 3 is 2.23 bits per heavy atom. The Hall–Kier alpha value is -4.25. The lowest BCUT2D eigenvalue weighted by atomic mass is 9.91. The number of ether oxygens (including phenoxy) is 1. The lowest BCUT2D eigenvalue weighted by molar-refractivity contribution is -0.162. The second-order valence-electron chi connectivity index (χ2n) is 8.54. The van der Waals surface area contributed by atoms with Gasteiger partial charge in [0.25, 0.3) is 5.91 Å². The first-order valence-electron chi connectivity index (χ1n) is 11.1. The average Bonchev–Trinajstić information content (AvgIpc) is 3.45. The molecule has 0 spiro atoms. The number of benzene rings is 2. The number of nitrogens with one attached hydrogen (secondary N) is 1. The Labute approximate surface area is 199 Å². The monoisotopic (exact) mass is 478 g/mol. The van der Waals surface area contributed by atoms with Gasteiger partial charge in [0.2, 0.25) is 11.5 Å². The number of carboxylic acids is 1. The number of piperidine rings is 1. The highest BCUT2D eigenvalue weighted by Crippen LogP contribution is 2.44. The van der Waals surface area contributed by atoms with Crippen LogP contribution in [0.4, 0.5) is 10.6 Å². The molecule has 2 aromatic carbocycles. The van der Waals surface area contributed by atoms with Gasteiger partial charge in [0.05, 0.1) is 0 Å². The number of aromatic nitrogens is 2. The number of hydrogen-bond acceptors (Lipinski definition) is 8. The molecule has 1 aliphatic carbocycles. The fourth-order valence-corrected chi connectivity index (χ4v) is 4.59. The molecule has 35 heavy (non-hydrogen) atoms. The number of aliphatic hydroxyl groups is 1. The predicted molar refractivity (Wildman–Crippen MR) is 121 cm³/mol. The molecule has 3 aromatic rings. The van der Waals surface area contributed by atoms with Crippen LogP contribution in [-0.2, 0) is 9.53 Å². The second-order valence-corrected chi connectivity index (χ2v) is 8.54. The summed E-state index contributed by atoms with van der Waals surface area (Å²) in [6.45, 7) is 0.0755. The number of hydrogen-bond donors (Lipinski definition) is 3. The van der Waals surface area contributed by atoms with Crippen molar-refractivity contribution in [1.29, 1.82) is 0 Å². The van der Waals surface area contributed by atoms with Gasteiger partial charge < -0.3 is 19.8 Å². The predicted octanol–water partition coefficient (Wildman–Crippen LogP) is 2.48. The summed E-state index contributed by atoms with van der Waals surface area (Å²) in [7, 11) is 0. The number of carboxylic acid groups (broad SMARTS) is 1. The second kappa shape index (κ2) is 8.84. The van der Waals surface area contributed by atoms with Crippen molar-refractivity contribution >= 4 is 23.8 Å². The molecule has 2 amide bonds. The van der Waals surface area contributed by atoms with Crippen molar-refractivity contribution in [1.82, 2.24) is 15.2 Å². The smallest absolute Gasteiger partial charge is 0.412 e. The molecule has 1 aromatic heterocycles. The quantitative estimate of drug-likeness (QED) is 0.501. The third-order valence-corrected chi connectivity index (χ3v) is 6.53. The van der Waals surface area contributed by atoms with Crippen LogP contribution in [0, 0.1) is 0 Å². The molecule has 3 N–H and O–H groups in total. The minimum absolute atomic E-state index is 0.00111. The van der Waals surface area contributed by atoms with E-state index in [0.717, 1.165) is 22.3 Å². The Morgan fingerprint density at radius 2 is 1.63 bits per heavy atom. The molecule has 0 radical (unpaired) electrons. The molecule has 0 saturated carbocycles. The van der Waals surface area contributed by atoms with Crippen LogP contribution in [0.3, 0.4) is 0 Å². The van der Waals surface area contributed by atoms with E-state index in [1.54, 1.807) is 0 Å². The summed E-state index contributed by atoms with van der Waals surface area (Å²) < 4.78 is 10.1. The number of fused-ring (bicyclic) bond motifs is 3. The normalized spacial score (nSPS) is 16.3. The Bertz CT molecular complexity index is 1250. The first kappa shape index (κ1) is 22.5. The van der Waals surface area contributed by atoms with Gasteiger partial charge in [-0.15, -0.1) is 0 Å². The summed E-state index contributed by atoms with van der Waals surface area (Å²) in [5.74, 6) is -2.27. The van der Waals surface area contributed by atoms with Gasteiger partial charge in [-0.05, 0) is 32.6 Å². The van der Waals surface area contributed by atoms with Crippen LogP contribution >= 0.6 is 0 Å². The Morgan fingerprint density at radius 1 is 1.03 bits per heavy atom. The molecule has 0 atom stereocenters. The molecule has 180 valence electrons. The zero-order chi connectivity index (χ0) is 24.6. The van der Waals surface area contributed by atoms with Crippen LogP contribution in [0.2, 0.25) is 0 Å². The van der Waals surface area contributed by atoms with Gasteiger partial charge >= 0.3 is 12.1 Å². The van der Waals surface area contributed by atoms with Gasteiger partial charge in [-0.2, -0.15) is 0 Å². The van der Waals surface area contributed by atoms with Gasteiger partial charge in [0.15, 0.2) is 5.60 Å². The highest BCUT2D eigenvalue weighted by atomic mass is 16.6. The van der Waals surface area contributed by atoms with Gasteiger partial charge in [-0.3, -0.25) is 10.1 Å². The number of rotatable bonds is 5. The van der Waals surface area contributed by atoms with Gasteiger partial charge in [0, 0.05) is 31.8 Å². The van der Waals surface area contributed by atoms with E-state index in [9.17, 15) is 19.5 Å². The van der Waals surface area contributed by atoms with Crippen LogP contribution in [-0.4, -0.2) is 68.7 Å². The number of amides is 2. The van der Waals surface area contributed by atoms with E-state index < -0.39 is 23.6 Å². The van der Waals surface area contributed by atoms with Crippen LogP contribution in [0.5, 0.6) is 0 Å². The largest absolute Gasteiger partial charge is 0.479 e. The summed E-state index contributed by atoms with van der Waals surface area (Å²) in [5.41, 5.74) is 2.21. The number of carbonyl (C=O) groups is 3. The molecule has 0 unspecified atom stereocenters. The number of carbonyl (C=O) groups excluding carboxylic acids is 2. The fraction of sp³-hybridized carbons (Fsp3) is 0.292. The van der Waals surface area contributed by atoms with E-state index in [2.05, 4.69) is 20.3 Å². The van der Waals surface area contributed by atoms with Crippen molar-refractivity contribution in [2.75, 3.05) is 25.0 Å². The highest BCUT2D eigenvalue weighted by Gasteiger charge is 2.41. The van der Waals surface area contributed by atoms with E-state index in [-0.39, 0.29) is 50.0 Å². The Balaban J connectivity index is 1.23. The first-order chi connectivity index (χ1) is 16.9. The number of aliphatic carboxylic acids is 1. The lowest BCUT2D eigenvalue weighted by Gasteiger charge is -2.34. The van der Waals surface area contributed by atoms with Crippen molar-refractivity contribution in [2.24, 2.45) is 0 Å². The summed E-state index contributed by atoms with van der Waals surface area (Å²) in [5, 5.41) is 28.8. The summed E-state index contributed by atoms with van der Waals surface area (Å²) in [6, 6.07) is 15.9. The van der Waals surface area contributed by atoms with Gasteiger partial charge in [-0.1, -0.05) is 48.5 Å². The topological polar surface area (TPSA) is 155 Å². The van der Waals surface area contributed by atoms with Crippen LogP contribution in [0.15, 0.2) is 53.2 Å². The number of anilines is 1. The van der Waals surface area contributed by atoms with Crippen LogP contribution in [0.1, 0.15) is 40.4 Å². The number of likely N-dealkylation sites (tertiary alicyclic amines) is 1. The molecule has 1 aliphatic heterocycles. The molecule has 1 fully saturated rings. The van der Waals surface area contributed by atoms with Crippen molar-refractivity contribution in [2.45, 2.75) is 24.4 Å². The maximum Gasteiger partial charge on any atom is 0.412 e. The molecule has 2 heterocycles. The summed E-state index contributed by atoms with van der Waals surface area (Å²) in [4.78, 5) is 37.9.